The highest BCUT2D eigenvalue weighted by Crippen LogP contribution is 2.25. The maximum atomic E-state index is 11.6. The van der Waals surface area contributed by atoms with E-state index < -0.39 is 17.9 Å². The lowest BCUT2D eigenvalue weighted by molar-refractivity contribution is -0.146. The Balaban J connectivity index is 2.98. The Morgan fingerprint density at radius 1 is 1.45 bits per heavy atom. The summed E-state index contributed by atoms with van der Waals surface area (Å²) in [7, 11) is 0. The average Bonchev–Trinajstić information content (AvgIpc) is 2.32. The lowest BCUT2D eigenvalue weighted by Crippen LogP contribution is -2.07. The van der Waals surface area contributed by atoms with Crippen molar-refractivity contribution in [2.24, 2.45) is 0 Å². The first-order valence-electron chi connectivity index (χ1n) is 2.33. The summed E-state index contributed by atoms with van der Waals surface area (Å²) in [5, 5.41) is 2.48. The molecule has 7 heteroatoms. The van der Waals surface area contributed by atoms with Crippen molar-refractivity contribution in [3.63, 3.8) is 0 Å². The van der Waals surface area contributed by atoms with Crippen LogP contribution in [-0.4, -0.2) is 16.4 Å². The SMILES string of the molecule is O=[C]c1nc(C(F)(F)F)no1. The van der Waals surface area contributed by atoms with E-state index in [0.717, 1.165) is 6.29 Å². The van der Waals surface area contributed by atoms with Gasteiger partial charge in [-0.3, -0.25) is 4.79 Å². The number of carbonyl (C=O) groups excluding carboxylic acids is 1. The number of hydrogen-bond donors (Lipinski definition) is 0. The van der Waals surface area contributed by atoms with Crippen LogP contribution in [0.15, 0.2) is 4.52 Å². The molecule has 0 saturated carbocycles. The van der Waals surface area contributed by atoms with Gasteiger partial charge in [0.05, 0.1) is 0 Å². The Labute approximate surface area is 58.0 Å². The van der Waals surface area contributed by atoms with Crippen LogP contribution in [0.3, 0.4) is 0 Å². The molecular weight excluding hydrogens is 165 g/mol. The Kier molecular flexibility index (Phi) is 1.63. The molecule has 11 heavy (non-hydrogen) atoms. The third kappa shape index (κ3) is 1.54. The fourth-order valence-electron chi connectivity index (χ4n) is 0.380. The van der Waals surface area contributed by atoms with E-state index in [0.29, 0.717) is 0 Å². The molecule has 1 aromatic rings. The molecule has 1 aromatic heterocycles. The molecule has 0 saturated heterocycles. The number of alkyl halides is 3. The van der Waals surface area contributed by atoms with Gasteiger partial charge >= 0.3 is 12.1 Å². The summed E-state index contributed by atoms with van der Waals surface area (Å²) in [4.78, 5) is 12.3. The predicted molar refractivity (Wildman–Crippen MR) is 24.1 cm³/mol. The van der Waals surface area contributed by atoms with Crippen LogP contribution in [0.5, 0.6) is 0 Å². The van der Waals surface area contributed by atoms with Crippen LogP contribution < -0.4 is 0 Å². The van der Waals surface area contributed by atoms with E-state index >= 15 is 0 Å². The summed E-state index contributed by atoms with van der Waals surface area (Å²) in [5.74, 6) is -2.28. The summed E-state index contributed by atoms with van der Waals surface area (Å²) in [5.41, 5.74) is 0. The van der Waals surface area contributed by atoms with Gasteiger partial charge in [-0.05, 0) is 0 Å². The molecule has 0 unspecified atom stereocenters. The summed E-state index contributed by atoms with van der Waals surface area (Å²) in [6, 6.07) is 0. The monoisotopic (exact) mass is 165 g/mol. The molecule has 0 fully saturated rings. The molecule has 0 bridgehead atoms. The normalized spacial score (nSPS) is 11.5. The minimum absolute atomic E-state index is 0.808. The fraction of sp³-hybridized carbons (Fsp3) is 0.250. The Morgan fingerprint density at radius 2 is 2.09 bits per heavy atom. The molecule has 0 amide bonds. The minimum atomic E-state index is -4.68. The van der Waals surface area contributed by atoms with Crippen molar-refractivity contribution in [2.75, 3.05) is 0 Å². The molecule has 0 atom stereocenters. The van der Waals surface area contributed by atoms with E-state index in [1.807, 2.05) is 0 Å². The maximum absolute atomic E-state index is 11.6. The molecule has 59 valence electrons. The van der Waals surface area contributed by atoms with Gasteiger partial charge in [-0.25, -0.2) is 0 Å². The smallest absolute Gasteiger partial charge is 0.330 e. The highest BCUT2D eigenvalue weighted by atomic mass is 19.4. The van der Waals surface area contributed by atoms with E-state index in [9.17, 15) is 18.0 Å². The molecule has 1 heterocycles. The molecule has 0 N–H and O–H groups in total. The van der Waals surface area contributed by atoms with Crippen molar-refractivity contribution >= 4 is 6.29 Å². The topological polar surface area (TPSA) is 56.0 Å². The Morgan fingerprint density at radius 3 is 2.36 bits per heavy atom. The first-order chi connectivity index (χ1) is 5.04. The minimum Gasteiger partial charge on any atom is -0.330 e. The molecular formula is C4F3N2O2. The van der Waals surface area contributed by atoms with Crippen LogP contribution in [0.2, 0.25) is 0 Å². The van der Waals surface area contributed by atoms with Crippen LogP contribution in [0.1, 0.15) is 11.7 Å². The highest BCUT2D eigenvalue weighted by molar-refractivity contribution is 5.67. The summed E-state index contributed by atoms with van der Waals surface area (Å²) < 4.78 is 38.7. The zero-order valence-electron chi connectivity index (χ0n) is 4.84. The maximum Gasteiger partial charge on any atom is 0.455 e. The number of aromatic nitrogens is 2. The quantitative estimate of drug-likeness (QED) is 0.609. The van der Waals surface area contributed by atoms with Crippen molar-refractivity contribution in [1.82, 2.24) is 10.1 Å². The second-order valence-electron chi connectivity index (χ2n) is 1.52. The lowest BCUT2D eigenvalue weighted by Gasteiger charge is -1.95. The zero-order chi connectivity index (χ0) is 8.48. The van der Waals surface area contributed by atoms with E-state index in [1.165, 1.54) is 0 Å². The van der Waals surface area contributed by atoms with Gasteiger partial charge in [0.25, 0.3) is 12.1 Å². The molecule has 0 aliphatic heterocycles. The fourth-order valence-corrected chi connectivity index (χ4v) is 0.380. The lowest BCUT2D eigenvalue weighted by atomic mass is 10.6. The number of halogens is 3. The molecule has 1 radical (unpaired) electrons. The van der Waals surface area contributed by atoms with E-state index in [1.54, 1.807) is 0 Å². The highest BCUT2D eigenvalue weighted by Gasteiger charge is 2.37. The second-order valence-corrected chi connectivity index (χ2v) is 1.52. The average molecular weight is 165 g/mol. The van der Waals surface area contributed by atoms with Gasteiger partial charge in [0.1, 0.15) is 0 Å². The van der Waals surface area contributed by atoms with Crippen molar-refractivity contribution < 1.29 is 22.5 Å². The molecule has 0 aliphatic rings. The van der Waals surface area contributed by atoms with E-state index in [2.05, 4.69) is 14.7 Å². The van der Waals surface area contributed by atoms with Crippen molar-refractivity contribution in [1.29, 1.82) is 0 Å². The summed E-state index contributed by atoms with van der Waals surface area (Å²) in [6.07, 6.45) is -3.65. The van der Waals surface area contributed by atoms with Gasteiger partial charge in [-0.15, -0.1) is 0 Å². The van der Waals surface area contributed by atoms with Crippen molar-refractivity contribution in [3.8, 4) is 0 Å². The van der Waals surface area contributed by atoms with Crippen LogP contribution in [-0.2, 0) is 11.0 Å². The standard InChI is InChI=1S/C4F3N2O2/c5-4(6,7)3-8-2(1-10)11-9-3. The van der Waals surface area contributed by atoms with Crippen LogP contribution >= 0.6 is 0 Å². The molecule has 0 spiro atoms. The van der Waals surface area contributed by atoms with Crippen molar-refractivity contribution in [2.45, 2.75) is 6.18 Å². The van der Waals surface area contributed by atoms with E-state index in [4.69, 9.17) is 0 Å². The molecule has 0 aliphatic carbocycles. The second kappa shape index (κ2) is 2.33. The van der Waals surface area contributed by atoms with Crippen molar-refractivity contribution in [3.05, 3.63) is 11.7 Å². The van der Waals surface area contributed by atoms with Gasteiger partial charge in [-0.1, -0.05) is 5.16 Å². The van der Waals surface area contributed by atoms with Crippen LogP contribution in [0, 0.1) is 0 Å². The van der Waals surface area contributed by atoms with E-state index in [-0.39, 0.29) is 0 Å². The summed E-state index contributed by atoms with van der Waals surface area (Å²) >= 11 is 0. The third-order valence-electron chi connectivity index (χ3n) is 0.767. The molecule has 4 nitrogen and oxygen atoms in total. The van der Waals surface area contributed by atoms with Gasteiger partial charge in [0.15, 0.2) is 0 Å². The number of rotatable bonds is 1. The van der Waals surface area contributed by atoms with Crippen LogP contribution in [0.25, 0.3) is 0 Å². The number of hydrogen-bond acceptors (Lipinski definition) is 4. The number of nitrogens with zero attached hydrogens (tertiary/aromatic N) is 2. The largest absolute Gasteiger partial charge is 0.455 e. The summed E-state index contributed by atoms with van der Waals surface area (Å²) in [6.45, 7) is 0. The van der Waals surface area contributed by atoms with Gasteiger partial charge in [0, 0.05) is 0 Å². The van der Waals surface area contributed by atoms with Gasteiger partial charge in [0.2, 0.25) is 0 Å². The third-order valence-corrected chi connectivity index (χ3v) is 0.767. The zero-order valence-corrected chi connectivity index (χ0v) is 4.84. The van der Waals surface area contributed by atoms with Gasteiger partial charge in [-0.2, -0.15) is 18.2 Å². The molecule has 0 aromatic carbocycles. The predicted octanol–water partition coefficient (Wildman–Crippen LogP) is 0.546. The Hall–Kier alpha value is -1.40. The molecule has 1 rings (SSSR count). The van der Waals surface area contributed by atoms with Crippen LogP contribution in [0.4, 0.5) is 13.2 Å². The Bertz CT molecular complexity index is 267. The first-order valence-corrected chi connectivity index (χ1v) is 2.33. The van der Waals surface area contributed by atoms with Gasteiger partial charge < -0.3 is 4.52 Å². The first kappa shape index (κ1) is 7.70.